The number of Topliss-reactive ketones (excluding diaryl/α,β-unsaturated/α-hetero) is 1. The van der Waals surface area contributed by atoms with Gasteiger partial charge in [0.05, 0.1) is 11.3 Å². The van der Waals surface area contributed by atoms with Crippen molar-refractivity contribution in [1.82, 2.24) is 14.8 Å². The lowest BCUT2D eigenvalue weighted by Crippen LogP contribution is -2.30. The molecule has 1 N–H and O–H groups in total. The summed E-state index contributed by atoms with van der Waals surface area (Å²) in [6.07, 6.45) is 1.97. The van der Waals surface area contributed by atoms with E-state index in [2.05, 4.69) is 15.4 Å². The van der Waals surface area contributed by atoms with Crippen LogP contribution in [0.2, 0.25) is 0 Å². The summed E-state index contributed by atoms with van der Waals surface area (Å²) in [7, 11) is 0. The lowest BCUT2D eigenvalue weighted by Gasteiger charge is -2.14. The van der Waals surface area contributed by atoms with Gasteiger partial charge in [-0.15, -0.1) is 0 Å². The number of carbonyl (C=O) groups excluding carboxylic acids is 3. The number of nitrogens with one attached hydrogen (secondary N) is 1. The zero-order valence-electron chi connectivity index (χ0n) is 15.3. The quantitative estimate of drug-likeness (QED) is 0.522. The molecule has 0 saturated carbocycles. The molecule has 142 valence electrons. The van der Waals surface area contributed by atoms with E-state index in [9.17, 15) is 14.4 Å². The Balaban J connectivity index is 1.58. The molecular weight excluding hydrogens is 360 g/mol. The second-order valence-electron chi connectivity index (χ2n) is 6.06. The highest BCUT2D eigenvalue weighted by molar-refractivity contribution is 5.98. The van der Waals surface area contributed by atoms with Gasteiger partial charge < -0.3 is 10.1 Å². The van der Waals surface area contributed by atoms with Gasteiger partial charge in [-0.1, -0.05) is 0 Å². The first-order valence-corrected chi connectivity index (χ1v) is 8.52. The minimum Gasteiger partial charge on any atom is -0.449 e. The molecule has 0 aliphatic carbocycles. The van der Waals surface area contributed by atoms with Crippen molar-refractivity contribution in [2.24, 2.45) is 0 Å². The molecule has 8 heteroatoms. The second kappa shape index (κ2) is 8.26. The predicted octanol–water partition coefficient (Wildman–Crippen LogP) is 2.65. The van der Waals surface area contributed by atoms with Gasteiger partial charge in [0.2, 0.25) is 0 Å². The van der Waals surface area contributed by atoms with Gasteiger partial charge in [0.15, 0.2) is 11.9 Å². The van der Waals surface area contributed by atoms with Crippen LogP contribution >= 0.6 is 0 Å². The van der Waals surface area contributed by atoms with Crippen LogP contribution in [0.4, 0.5) is 5.69 Å². The molecule has 1 heterocycles. The molecule has 0 bridgehead atoms. The highest BCUT2D eigenvalue weighted by Crippen LogP contribution is 2.13. The monoisotopic (exact) mass is 378 g/mol. The van der Waals surface area contributed by atoms with E-state index in [0.29, 0.717) is 16.8 Å². The summed E-state index contributed by atoms with van der Waals surface area (Å²) >= 11 is 0. The zero-order chi connectivity index (χ0) is 20.1. The van der Waals surface area contributed by atoms with E-state index in [4.69, 9.17) is 4.74 Å². The number of rotatable bonds is 6. The predicted molar refractivity (Wildman–Crippen MR) is 101 cm³/mol. The fraction of sp³-hybridized carbons (Fsp3) is 0.150. The fourth-order valence-corrected chi connectivity index (χ4v) is 2.41. The molecule has 3 rings (SSSR count). The van der Waals surface area contributed by atoms with Crippen LogP contribution in [0.15, 0.2) is 61.2 Å². The minimum absolute atomic E-state index is 0.0602. The SMILES string of the molecule is CC(=O)c1ccc(NC(=O)[C@H](C)OC(=O)c2ccc(-n3cncn3)cc2)cc1. The number of anilines is 1. The molecule has 28 heavy (non-hydrogen) atoms. The molecule has 0 radical (unpaired) electrons. The van der Waals surface area contributed by atoms with Crippen LogP contribution in [0.1, 0.15) is 34.6 Å². The molecule has 3 aromatic rings. The maximum Gasteiger partial charge on any atom is 0.338 e. The summed E-state index contributed by atoms with van der Waals surface area (Å²) in [5, 5.41) is 6.65. The first kappa shape index (κ1) is 19.0. The highest BCUT2D eigenvalue weighted by Gasteiger charge is 2.19. The highest BCUT2D eigenvalue weighted by atomic mass is 16.5. The number of ether oxygens (including phenoxy) is 1. The maximum absolute atomic E-state index is 12.3. The van der Waals surface area contributed by atoms with Gasteiger partial charge in [0.25, 0.3) is 5.91 Å². The average molecular weight is 378 g/mol. The standard InChI is InChI=1S/C20H18N4O4/c1-13(25)15-3-7-17(8-4-15)23-19(26)14(2)28-20(27)16-5-9-18(10-6-16)24-12-21-11-22-24/h3-12,14H,1-2H3,(H,23,26)/t14-/m0/s1. The van der Waals surface area contributed by atoms with Crippen molar-refractivity contribution in [3.05, 3.63) is 72.3 Å². The van der Waals surface area contributed by atoms with E-state index in [-0.39, 0.29) is 5.78 Å². The third-order valence-corrected chi connectivity index (χ3v) is 4.00. The van der Waals surface area contributed by atoms with Crippen LogP contribution in [-0.4, -0.2) is 38.5 Å². The van der Waals surface area contributed by atoms with Crippen LogP contribution in [-0.2, 0) is 9.53 Å². The molecule has 0 unspecified atom stereocenters. The number of amides is 1. The Kier molecular flexibility index (Phi) is 5.59. The van der Waals surface area contributed by atoms with Crippen LogP contribution in [0.3, 0.4) is 0 Å². The molecule has 0 aliphatic rings. The van der Waals surface area contributed by atoms with Crippen LogP contribution in [0.25, 0.3) is 5.69 Å². The van der Waals surface area contributed by atoms with E-state index < -0.39 is 18.0 Å². The number of hydrogen-bond acceptors (Lipinski definition) is 6. The van der Waals surface area contributed by atoms with Gasteiger partial charge in [-0.3, -0.25) is 9.59 Å². The summed E-state index contributed by atoms with van der Waals surface area (Å²) in [6.45, 7) is 2.95. The molecule has 1 aromatic heterocycles. The number of ketones is 1. The Morgan fingerprint density at radius 2 is 1.64 bits per heavy atom. The molecule has 1 atom stereocenters. The van der Waals surface area contributed by atoms with Crippen LogP contribution < -0.4 is 5.32 Å². The second-order valence-corrected chi connectivity index (χ2v) is 6.06. The Hall–Kier alpha value is -3.81. The van der Waals surface area contributed by atoms with Gasteiger partial charge >= 0.3 is 5.97 Å². The van der Waals surface area contributed by atoms with Crippen molar-refractivity contribution in [3.63, 3.8) is 0 Å². The summed E-state index contributed by atoms with van der Waals surface area (Å²) < 4.78 is 6.78. The van der Waals surface area contributed by atoms with Crippen molar-refractivity contribution in [3.8, 4) is 5.69 Å². The van der Waals surface area contributed by atoms with E-state index in [1.54, 1.807) is 59.5 Å². The van der Waals surface area contributed by atoms with E-state index >= 15 is 0 Å². The first-order chi connectivity index (χ1) is 13.4. The zero-order valence-corrected chi connectivity index (χ0v) is 15.3. The molecule has 1 amide bonds. The molecule has 0 aliphatic heterocycles. The van der Waals surface area contributed by atoms with Crippen molar-refractivity contribution in [1.29, 1.82) is 0 Å². The Labute approximate surface area is 161 Å². The van der Waals surface area contributed by atoms with E-state index in [0.717, 1.165) is 5.69 Å². The van der Waals surface area contributed by atoms with Crippen molar-refractivity contribution in [2.45, 2.75) is 20.0 Å². The third kappa shape index (κ3) is 4.47. The molecule has 0 saturated heterocycles. The molecular formula is C20H18N4O4. The Morgan fingerprint density at radius 1 is 1.00 bits per heavy atom. The third-order valence-electron chi connectivity index (χ3n) is 4.00. The van der Waals surface area contributed by atoms with Crippen LogP contribution in [0, 0.1) is 0 Å². The topological polar surface area (TPSA) is 103 Å². The lowest BCUT2D eigenvalue weighted by molar-refractivity contribution is -0.123. The molecule has 0 fully saturated rings. The summed E-state index contributed by atoms with van der Waals surface area (Å²) in [6, 6.07) is 13.0. The largest absolute Gasteiger partial charge is 0.449 e. The number of hydrogen-bond donors (Lipinski definition) is 1. The number of benzene rings is 2. The summed E-state index contributed by atoms with van der Waals surface area (Å²) in [5.41, 5.74) is 2.12. The van der Waals surface area contributed by atoms with Gasteiger partial charge in [-0.2, -0.15) is 5.10 Å². The lowest BCUT2D eigenvalue weighted by atomic mass is 10.1. The first-order valence-electron chi connectivity index (χ1n) is 8.52. The Bertz CT molecular complexity index is 980. The smallest absolute Gasteiger partial charge is 0.338 e. The summed E-state index contributed by atoms with van der Waals surface area (Å²) in [4.78, 5) is 39.6. The van der Waals surface area contributed by atoms with Crippen LogP contribution in [0.5, 0.6) is 0 Å². The average Bonchev–Trinajstić information content (AvgIpc) is 3.23. The van der Waals surface area contributed by atoms with Crippen molar-refractivity contribution >= 4 is 23.3 Å². The molecule has 0 spiro atoms. The van der Waals surface area contributed by atoms with Crippen molar-refractivity contribution < 1.29 is 19.1 Å². The Morgan fingerprint density at radius 3 is 2.21 bits per heavy atom. The molecule has 2 aromatic carbocycles. The number of nitrogens with zero attached hydrogens (tertiary/aromatic N) is 3. The van der Waals surface area contributed by atoms with Crippen molar-refractivity contribution in [2.75, 3.05) is 5.32 Å². The van der Waals surface area contributed by atoms with E-state index in [1.807, 2.05) is 0 Å². The van der Waals surface area contributed by atoms with Gasteiger partial charge in [-0.05, 0) is 62.4 Å². The minimum atomic E-state index is -0.991. The number of aromatic nitrogens is 3. The normalized spacial score (nSPS) is 11.5. The van der Waals surface area contributed by atoms with Gasteiger partial charge in [0.1, 0.15) is 12.7 Å². The summed E-state index contributed by atoms with van der Waals surface area (Å²) in [5.74, 6) is -1.14. The molecule has 8 nitrogen and oxygen atoms in total. The maximum atomic E-state index is 12.3. The number of carbonyl (C=O) groups is 3. The number of esters is 1. The fourth-order valence-electron chi connectivity index (χ4n) is 2.41. The van der Waals surface area contributed by atoms with E-state index in [1.165, 1.54) is 20.2 Å². The van der Waals surface area contributed by atoms with Gasteiger partial charge in [-0.25, -0.2) is 14.5 Å². The van der Waals surface area contributed by atoms with Gasteiger partial charge in [0, 0.05) is 11.3 Å².